The van der Waals surface area contributed by atoms with Crippen molar-refractivity contribution in [1.82, 2.24) is 5.32 Å². The smallest absolute Gasteiger partial charge is 0.122 e. The summed E-state index contributed by atoms with van der Waals surface area (Å²) in [6.07, 6.45) is 3.99. The molecule has 1 saturated carbocycles. The van der Waals surface area contributed by atoms with Crippen molar-refractivity contribution in [3.05, 3.63) is 29.8 Å². The predicted octanol–water partition coefficient (Wildman–Crippen LogP) is 3.19. The standard InChI is InChI=1S/C16H23NO/c1-11-12(7-8-15(11)17-2)9-13-10-18-16-6-4-3-5-14(13)16/h3-6,11-13,15,17H,7-10H2,1-2H3. The molecule has 2 aliphatic rings. The van der Waals surface area contributed by atoms with Crippen molar-refractivity contribution in [2.75, 3.05) is 13.7 Å². The SMILES string of the molecule is CNC1CCC(CC2COc3ccccc32)C1C. The largest absolute Gasteiger partial charge is 0.493 e. The van der Waals surface area contributed by atoms with Crippen LogP contribution in [0, 0.1) is 11.8 Å². The normalized spacial score (nSPS) is 34.3. The molecule has 2 nitrogen and oxygen atoms in total. The number of rotatable bonds is 3. The summed E-state index contributed by atoms with van der Waals surface area (Å²) in [5.74, 6) is 3.37. The molecular formula is C16H23NO. The van der Waals surface area contributed by atoms with E-state index in [1.54, 1.807) is 0 Å². The first-order valence-corrected chi connectivity index (χ1v) is 7.18. The molecule has 1 heterocycles. The van der Waals surface area contributed by atoms with Crippen molar-refractivity contribution >= 4 is 0 Å². The summed E-state index contributed by atoms with van der Waals surface area (Å²) in [6.45, 7) is 3.29. The van der Waals surface area contributed by atoms with Gasteiger partial charge in [-0.25, -0.2) is 0 Å². The third-order valence-corrected chi connectivity index (χ3v) is 4.98. The summed E-state index contributed by atoms with van der Waals surface area (Å²) >= 11 is 0. The Labute approximate surface area is 110 Å². The lowest BCUT2D eigenvalue weighted by Gasteiger charge is -2.22. The van der Waals surface area contributed by atoms with Crippen LogP contribution < -0.4 is 10.1 Å². The molecule has 3 rings (SSSR count). The van der Waals surface area contributed by atoms with Gasteiger partial charge in [-0.05, 0) is 44.2 Å². The molecule has 1 N–H and O–H groups in total. The maximum Gasteiger partial charge on any atom is 0.122 e. The number of benzene rings is 1. The van der Waals surface area contributed by atoms with Crippen LogP contribution in [0.4, 0.5) is 0 Å². The Kier molecular flexibility index (Phi) is 3.29. The molecule has 0 radical (unpaired) electrons. The van der Waals surface area contributed by atoms with Gasteiger partial charge in [-0.15, -0.1) is 0 Å². The molecule has 1 aliphatic heterocycles. The predicted molar refractivity (Wildman–Crippen MR) is 74.0 cm³/mol. The first kappa shape index (κ1) is 12.0. The monoisotopic (exact) mass is 245 g/mol. The fourth-order valence-corrected chi connectivity index (χ4v) is 3.78. The van der Waals surface area contributed by atoms with Gasteiger partial charge in [0.05, 0.1) is 6.61 Å². The van der Waals surface area contributed by atoms with E-state index in [4.69, 9.17) is 4.74 Å². The summed E-state index contributed by atoms with van der Waals surface area (Å²) in [7, 11) is 2.09. The molecule has 0 spiro atoms. The highest BCUT2D eigenvalue weighted by atomic mass is 16.5. The molecule has 1 fully saturated rings. The van der Waals surface area contributed by atoms with Crippen LogP contribution in [0.25, 0.3) is 0 Å². The van der Waals surface area contributed by atoms with Crippen LogP contribution in [0.15, 0.2) is 24.3 Å². The summed E-state index contributed by atoms with van der Waals surface area (Å²) in [6, 6.07) is 9.25. The highest BCUT2D eigenvalue weighted by molar-refractivity contribution is 5.39. The Morgan fingerprint density at radius 2 is 2.11 bits per heavy atom. The quantitative estimate of drug-likeness (QED) is 0.883. The Bertz CT molecular complexity index is 417. The van der Waals surface area contributed by atoms with Crippen LogP contribution in [0.2, 0.25) is 0 Å². The Balaban J connectivity index is 1.68. The van der Waals surface area contributed by atoms with Crippen LogP contribution >= 0.6 is 0 Å². The van der Waals surface area contributed by atoms with E-state index in [0.29, 0.717) is 12.0 Å². The fourth-order valence-electron chi connectivity index (χ4n) is 3.78. The topological polar surface area (TPSA) is 21.3 Å². The molecule has 4 atom stereocenters. The maximum atomic E-state index is 5.79. The molecule has 1 aromatic carbocycles. The Morgan fingerprint density at radius 3 is 2.89 bits per heavy atom. The highest BCUT2D eigenvalue weighted by Gasteiger charge is 2.35. The lowest BCUT2D eigenvalue weighted by Crippen LogP contribution is -2.29. The molecule has 0 saturated heterocycles. The minimum Gasteiger partial charge on any atom is -0.493 e. The summed E-state index contributed by atoms with van der Waals surface area (Å²) < 4.78 is 5.79. The van der Waals surface area contributed by atoms with Gasteiger partial charge in [0.1, 0.15) is 5.75 Å². The molecule has 0 bridgehead atoms. The summed E-state index contributed by atoms with van der Waals surface area (Å²) in [5, 5.41) is 3.46. The molecule has 0 amide bonds. The van der Waals surface area contributed by atoms with Gasteiger partial charge in [0.25, 0.3) is 0 Å². The average molecular weight is 245 g/mol. The van der Waals surface area contributed by atoms with Gasteiger partial charge in [0.15, 0.2) is 0 Å². The number of hydrogen-bond donors (Lipinski definition) is 1. The van der Waals surface area contributed by atoms with Gasteiger partial charge in [-0.1, -0.05) is 25.1 Å². The summed E-state index contributed by atoms with van der Waals surface area (Å²) in [5.41, 5.74) is 1.43. The van der Waals surface area contributed by atoms with E-state index in [9.17, 15) is 0 Å². The molecule has 1 aromatic rings. The first-order chi connectivity index (χ1) is 8.79. The van der Waals surface area contributed by atoms with Crippen LogP contribution in [-0.2, 0) is 0 Å². The third-order valence-electron chi connectivity index (χ3n) is 4.98. The van der Waals surface area contributed by atoms with Crippen LogP contribution in [0.3, 0.4) is 0 Å². The lowest BCUT2D eigenvalue weighted by atomic mass is 9.84. The maximum absolute atomic E-state index is 5.79. The second-order valence-corrected chi connectivity index (χ2v) is 5.87. The third kappa shape index (κ3) is 2.03. The zero-order valence-corrected chi connectivity index (χ0v) is 11.4. The Hall–Kier alpha value is -1.02. The van der Waals surface area contributed by atoms with Gasteiger partial charge in [0.2, 0.25) is 0 Å². The van der Waals surface area contributed by atoms with E-state index in [0.717, 1.165) is 24.2 Å². The molecule has 18 heavy (non-hydrogen) atoms. The zero-order chi connectivity index (χ0) is 12.5. The zero-order valence-electron chi connectivity index (χ0n) is 11.4. The van der Waals surface area contributed by atoms with Crippen molar-refractivity contribution in [2.24, 2.45) is 11.8 Å². The lowest BCUT2D eigenvalue weighted by molar-refractivity contribution is 0.279. The van der Waals surface area contributed by atoms with E-state index in [2.05, 4.69) is 43.6 Å². The van der Waals surface area contributed by atoms with Crippen molar-refractivity contribution in [3.63, 3.8) is 0 Å². The van der Waals surface area contributed by atoms with E-state index in [1.807, 2.05) is 0 Å². The van der Waals surface area contributed by atoms with E-state index in [-0.39, 0.29) is 0 Å². The highest BCUT2D eigenvalue weighted by Crippen LogP contribution is 2.42. The van der Waals surface area contributed by atoms with Gasteiger partial charge in [-0.2, -0.15) is 0 Å². The van der Waals surface area contributed by atoms with Crippen molar-refractivity contribution < 1.29 is 4.74 Å². The van der Waals surface area contributed by atoms with E-state index < -0.39 is 0 Å². The van der Waals surface area contributed by atoms with Crippen LogP contribution in [0.5, 0.6) is 5.75 Å². The second-order valence-electron chi connectivity index (χ2n) is 5.87. The van der Waals surface area contributed by atoms with E-state index in [1.165, 1.54) is 24.8 Å². The first-order valence-electron chi connectivity index (χ1n) is 7.18. The van der Waals surface area contributed by atoms with Crippen molar-refractivity contribution in [2.45, 2.75) is 38.1 Å². The molecule has 2 heteroatoms. The van der Waals surface area contributed by atoms with E-state index >= 15 is 0 Å². The van der Waals surface area contributed by atoms with Gasteiger partial charge >= 0.3 is 0 Å². The Morgan fingerprint density at radius 1 is 1.28 bits per heavy atom. The molecule has 1 aliphatic carbocycles. The molecule has 98 valence electrons. The molecule has 0 aromatic heterocycles. The number of ether oxygens (including phenoxy) is 1. The summed E-state index contributed by atoms with van der Waals surface area (Å²) in [4.78, 5) is 0. The van der Waals surface area contributed by atoms with Crippen molar-refractivity contribution in [3.8, 4) is 5.75 Å². The minimum atomic E-state index is 0.615. The van der Waals surface area contributed by atoms with Gasteiger partial charge in [-0.3, -0.25) is 0 Å². The fraction of sp³-hybridized carbons (Fsp3) is 0.625. The van der Waals surface area contributed by atoms with Crippen molar-refractivity contribution in [1.29, 1.82) is 0 Å². The average Bonchev–Trinajstić information content (AvgIpc) is 2.96. The number of para-hydroxylation sites is 1. The molecule has 4 unspecified atom stereocenters. The minimum absolute atomic E-state index is 0.615. The van der Waals surface area contributed by atoms with Crippen LogP contribution in [0.1, 0.15) is 37.7 Å². The number of fused-ring (bicyclic) bond motifs is 1. The second kappa shape index (κ2) is 4.93. The van der Waals surface area contributed by atoms with Crippen LogP contribution in [-0.4, -0.2) is 19.7 Å². The van der Waals surface area contributed by atoms with Gasteiger partial charge in [0, 0.05) is 17.5 Å². The van der Waals surface area contributed by atoms with Gasteiger partial charge < -0.3 is 10.1 Å². The number of hydrogen-bond acceptors (Lipinski definition) is 2. The number of nitrogens with one attached hydrogen (secondary N) is 1. The molecular weight excluding hydrogens is 222 g/mol.